The first-order chi connectivity index (χ1) is 8.56. The minimum absolute atomic E-state index is 0.0164. The lowest BCUT2D eigenvalue weighted by Gasteiger charge is -2.05. The lowest BCUT2D eigenvalue weighted by Crippen LogP contribution is -2.07. The second-order valence-corrected chi connectivity index (χ2v) is 3.95. The average molecular weight is 244 g/mol. The van der Waals surface area contributed by atoms with Gasteiger partial charge in [0.05, 0.1) is 11.6 Å². The van der Waals surface area contributed by atoms with E-state index in [4.69, 9.17) is 4.42 Å². The molecule has 0 saturated heterocycles. The molecule has 0 saturated carbocycles. The van der Waals surface area contributed by atoms with Crippen LogP contribution in [0.25, 0.3) is 11.0 Å². The van der Waals surface area contributed by atoms with Gasteiger partial charge in [0, 0.05) is 5.56 Å². The smallest absolute Gasteiger partial charge is 0.195 e. The molecular formula is C14H12O4. The summed E-state index contributed by atoms with van der Waals surface area (Å²) in [4.78, 5) is 23.8. The third-order valence-electron chi connectivity index (χ3n) is 2.66. The highest BCUT2D eigenvalue weighted by Crippen LogP contribution is 2.26. The van der Waals surface area contributed by atoms with Crippen LogP contribution in [0, 0.1) is 6.92 Å². The number of rotatable bonds is 2. The number of hydrogen-bond acceptors (Lipinski definition) is 4. The number of phenols is 1. The largest absolute Gasteiger partial charge is 0.507 e. The average Bonchev–Trinajstić information content (AvgIpc) is 2.34. The summed E-state index contributed by atoms with van der Waals surface area (Å²) in [6.45, 7) is 3.33. The fourth-order valence-electron chi connectivity index (χ4n) is 1.76. The van der Waals surface area contributed by atoms with E-state index in [1.54, 1.807) is 19.9 Å². The first kappa shape index (κ1) is 12.1. The SMILES string of the molecule is C/C=C/C(=O)c1c(O)ccc2c(=O)c(C)coc12. The van der Waals surface area contributed by atoms with Crippen LogP contribution in [-0.2, 0) is 0 Å². The van der Waals surface area contributed by atoms with Crippen LogP contribution < -0.4 is 5.43 Å². The number of aryl methyl sites for hydroxylation is 1. The minimum Gasteiger partial charge on any atom is -0.507 e. The van der Waals surface area contributed by atoms with E-state index in [0.717, 1.165) is 0 Å². The normalized spacial score (nSPS) is 11.2. The molecule has 0 amide bonds. The second kappa shape index (κ2) is 4.49. The standard InChI is InChI=1S/C14H12O4/c1-3-4-10(15)12-11(16)6-5-9-13(17)8(2)7-18-14(9)12/h3-7,16H,1-2H3/b4-3+. The third kappa shape index (κ3) is 1.82. The van der Waals surface area contributed by atoms with E-state index in [1.165, 1.54) is 24.5 Å². The Morgan fingerprint density at radius 2 is 2.11 bits per heavy atom. The zero-order valence-corrected chi connectivity index (χ0v) is 10.1. The van der Waals surface area contributed by atoms with Crippen molar-refractivity contribution in [2.24, 2.45) is 0 Å². The van der Waals surface area contributed by atoms with Crippen LogP contribution in [0.3, 0.4) is 0 Å². The molecule has 0 fully saturated rings. The number of carbonyl (C=O) groups is 1. The van der Waals surface area contributed by atoms with Gasteiger partial charge in [0.15, 0.2) is 16.8 Å². The maximum atomic E-state index is 11.9. The third-order valence-corrected chi connectivity index (χ3v) is 2.66. The second-order valence-electron chi connectivity index (χ2n) is 3.95. The van der Waals surface area contributed by atoms with E-state index < -0.39 is 5.78 Å². The molecule has 0 aliphatic carbocycles. The molecule has 4 heteroatoms. The van der Waals surface area contributed by atoms with E-state index in [9.17, 15) is 14.7 Å². The molecule has 1 N–H and O–H groups in total. The summed E-state index contributed by atoms with van der Waals surface area (Å²) in [5, 5.41) is 10.0. The molecule has 0 bridgehead atoms. The van der Waals surface area contributed by atoms with Gasteiger partial charge in [-0.15, -0.1) is 0 Å². The van der Waals surface area contributed by atoms with E-state index in [2.05, 4.69) is 0 Å². The number of aromatic hydroxyl groups is 1. The van der Waals surface area contributed by atoms with Gasteiger partial charge in [-0.1, -0.05) is 6.08 Å². The van der Waals surface area contributed by atoms with Crippen LogP contribution in [0.2, 0.25) is 0 Å². The Kier molecular flexibility index (Phi) is 3.02. The number of benzene rings is 1. The summed E-state index contributed by atoms with van der Waals surface area (Å²) >= 11 is 0. The van der Waals surface area contributed by atoms with Crippen LogP contribution >= 0.6 is 0 Å². The minimum atomic E-state index is -0.396. The molecule has 0 unspecified atom stereocenters. The fraction of sp³-hybridized carbons (Fsp3) is 0.143. The van der Waals surface area contributed by atoms with E-state index in [1.807, 2.05) is 0 Å². The van der Waals surface area contributed by atoms with Gasteiger partial charge in [0.1, 0.15) is 11.3 Å². The zero-order chi connectivity index (χ0) is 13.3. The molecule has 4 nitrogen and oxygen atoms in total. The first-order valence-corrected chi connectivity index (χ1v) is 5.47. The maximum Gasteiger partial charge on any atom is 0.195 e. The summed E-state index contributed by atoms with van der Waals surface area (Å²) < 4.78 is 5.29. The molecule has 0 aliphatic rings. The predicted octanol–water partition coefficient (Wildman–Crippen LogP) is 2.57. The highest BCUT2D eigenvalue weighted by molar-refractivity contribution is 6.13. The van der Waals surface area contributed by atoms with Crippen LogP contribution in [0.1, 0.15) is 22.8 Å². The number of ketones is 1. The van der Waals surface area contributed by atoms with Crippen molar-refractivity contribution in [1.29, 1.82) is 0 Å². The summed E-state index contributed by atoms with van der Waals surface area (Å²) in [6.07, 6.45) is 4.16. The Balaban J connectivity index is 2.88. The highest BCUT2D eigenvalue weighted by Gasteiger charge is 2.17. The molecule has 18 heavy (non-hydrogen) atoms. The summed E-state index contributed by atoms with van der Waals surface area (Å²) in [6, 6.07) is 2.78. The van der Waals surface area contributed by atoms with Gasteiger partial charge in [0.2, 0.25) is 0 Å². The molecule has 0 atom stereocenters. The van der Waals surface area contributed by atoms with Gasteiger partial charge in [0.25, 0.3) is 0 Å². The molecule has 0 spiro atoms. The van der Waals surface area contributed by atoms with Crippen LogP contribution in [0.15, 0.2) is 39.8 Å². The number of carbonyl (C=O) groups excluding carboxylic acids is 1. The van der Waals surface area contributed by atoms with Gasteiger partial charge in [-0.05, 0) is 32.1 Å². The van der Waals surface area contributed by atoms with Crippen molar-refractivity contribution in [1.82, 2.24) is 0 Å². The molecule has 1 heterocycles. The van der Waals surface area contributed by atoms with Crippen LogP contribution in [0.5, 0.6) is 5.75 Å². The monoisotopic (exact) mass is 244 g/mol. The van der Waals surface area contributed by atoms with Crippen molar-refractivity contribution in [3.8, 4) is 5.75 Å². The Hall–Kier alpha value is -2.36. The van der Waals surface area contributed by atoms with Crippen molar-refractivity contribution in [2.45, 2.75) is 13.8 Å². The molecule has 1 aromatic heterocycles. The van der Waals surface area contributed by atoms with E-state index in [-0.39, 0.29) is 22.3 Å². The molecule has 2 rings (SSSR count). The first-order valence-electron chi connectivity index (χ1n) is 5.47. The maximum absolute atomic E-state index is 11.9. The number of phenolic OH excluding ortho intramolecular Hbond substituents is 1. The lowest BCUT2D eigenvalue weighted by molar-refractivity contribution is 0.104. The number of hydrogen-bond donors (Lipinski definition) is 1. The summed E-state index contributed by atoms with van der Waals surface area (Å²) in [5.74, 6) is -0.592. The fourth-order valence-corrected chi connectivity index (χ4v) is 1.76. The molecular weight excluding hydrogens is 232 g/mol. The van der Waals surface area contributed by atoms with Gasteiger partial charge in [-0.2, -0.15) is 0 Å². The number of allylic oxidation sites excluding steroid dienone is 2. The predicted molar refractivity (Wildman–Crippen MR) is 68.0 cm³/mol. The Bertz CT molecular complexity index is 708. The van der Waals surface area contributed by atoms with Gasteiger partial charge in [-0.25, -0.2) is 0 Å². The molecule has 2 aromatic rings. The van der Waals surface area contributed by atoms with Crippen LogP contribution in [-0.4, -0.2) is 10.9 Å². The van der Waals surface area contributed by atoms with Gasteiger partial charge < -0.3 is 9.52 Å². The van der Waals surface area contributed by atoms with Gasteiger partial charge >= 0.3 is 0 Å². The molecule has 0 aliphatic heterocycles. The molecule has 1 aromatic carbocycles. The van der Waals surface area contributed by atoms with E-state index >= 15 is 0 Å². The lowest BCUT2D eigenvalue weighted by atomic mass is 10.0. The van der Waals surface area contributed by atoms with Crippen molar-refractivity contribution in [2.75, 3.05) is 0 Å². The number of fused-ring (bicyclic) bond motifs is 1. The van der Waals surface area contributed by atoms with Crippen molar-refractivity contribution in [3.05, 3.63) is 51.9 Å². The summed E-state index contributed by atoms with van der Waals surface area (Å²) in [5.41, 5.74) is 0.389. The topological polar surface area (TPSA) is 67.5 Å². The zero-order valence-electron chi connectivity index (χ0n) is 10.1. The molecule has 92 valence electrons. The Labute approximate surface area is 103 Å². The Morgan fingerprint density at radius 1 is 1.39 bits per heavy atom. The summed E-state index contributed by atoms with van der Waals surface area (Å²) in [7, 11) is 0. The van der Waals surface area contributed by atoms with Gasteiger partial charge in [-0.3, -0.25) is 9.59 Å². The van der Waals surface area contributed by atoms with Crippen LogP contribution in [0.4, 0.5) is 0 Å². The van der Waals surface area contributed by atoms with Crippen molar-refractivity contribution in [3.63, 3.8) is 0 Å². The highest BCUT2D eigenvalue weighted by atomic mass is 16.3. The van der Waals surface area contributed by atoms with Crippen molar-refractivity contribution < 1.29 is 14.3 Å². The Morgan fingerprint density at radius 3 is 2.78 bits per heavy atom. The molecule has 0 radical (unpaired) electrons. The van der Waals surface area contributed by atoms with E-state index in [0.29, 0.717) is 10.9 Å². The quantitative estimate of drug-likeness (QED) is 0.651. The van der Waals surface area contributed by atoms with Crippen molar-refractivity contribution >= 4 is 16.8 Å².